The van der Waals surface area contributed by atoms with Crippen LogP contribution in [0.2, 0.25) is 0 Å². The summed E-state index contributed by atoms with van der Waals surface area (Å²) >= 11 is 0. The average molecular weight is 295 g/mol. The highest BCUT2D eigenvalue weighted by Gasteiger charge is 2.19. The number of para-hydroxylation sites is 1. The van der Waals surface area contributed by atoms with E-state index in [2.05, 4.69) is 10.3 Å². The number of aromatic hydroxyl groups is 1. The number of benzene rings is 2. The number of aromatic nitrogens is 3. The van der Waals surface area contributed by atoms with Gasteiger partial charge in [0.25, 0.3) is 0 Å². The molecule has 0 radical (unpaired) electrons. The first-order valence-corrected chi connectivity index (χ1v) is 6.58. The number of hydrogen-bond donors (Lipinski definition) is 1. The maximum Gasteiger partial charge on any atom is 0.172 e. The maximum atomic E-state index is 11.3. The predicted molar refractivity (Wildman–Crippen MR) is 80.4 cm³/mol. The van der Waals surface area contributed by atoms with Crippen molar-refractivity contribution >= 4 is 6.29 Å². The second kappa shape index (κ2) is 5.69. The average Bonchev–Trinajstić information content (AvgIpc) is 2.99. The minimum Gasteiger partial charge on any atom is -0.508 e. The summed E-state index contributed by atoms with van der Waals surface area (Å²) in [6.45, 7) is 0. The molecule has 0 aliphatic rings. The summed E-state index contributed by atoms with van der Waals surface area (Å²) in [6, 6.07) is 13.8. The van der Waals surface area contributed by atoms with Crippen molar-refractivity contribution in [2.45, 2.75) is 0 Å². The summed E-state index contributed by atoms with van der Waals surface area (Å²) in [4.78, 5) is 11.3. The smallest absolute Gasteiger partial charge is 0.172 e. The Bertz CT molecular complexity index is 810. The Morgan fingerprint density at radius 3 is 2.55 bits per heavy atom. The van der Waals surface area contributed by atoms with E-state index < -0.39 is 0 Å². The van der Waals surface area contributed by atoms with Crippen molar-refractivity contribution in [3.05, 3.63) is 54.2 Å². The normalized spacial score (nSPS) is 10.4. The maximum absolute atomic E-state index is 11.3. The number of carbonyl (C=O) groups excluding carboxylic acids is 1. The summed E-state index contributed by atoms with van der Waals surface area (Å²) in [6.07, 6.45) is 0.658. The Hall–Kier alpha value is -3.15. The Morgan fingerprint density at radius 1 is 1.14 bits per heavy atom. The van der Waals surface area contributed by atoms with Crippen LogP contribution < -0.4 is 4.74 Å². The molecule has 0 saturated carbocycles. The van der Waals surface area contributed by atoms with Crippen LogP contribution in [0.5, 0.6) is 11.5 Å². The first-order chi connectivity index (χ1) is 10.7. The van der Waals surface area contributed by atoms with Gasteiger partial charge in [0.05, 0.1) is 12.8 Å². The SMILES string of the molecule is COc1ccccc1-c1c(C=O)nnn1-c1ccc(O)cc1. The lowest BCUT2D eigenvalue weighted by Crippen LogP contribution is -2.01. The van der Waals surface area contributed by atoms with Gasteiger partial charge >= 0.3 is 0 Å². The van der Waals surface area contributed by atoms with E-state index in [0.717, 1.165) is 0 Å². The van der Waals surface area contributed by atoms with Crippen LogP contribution in [-0.2, 0) is 0 Å². The van der Waals surface area contributed by atoms with Crippen molar-refractivity contribution in [2.24, 2.45) is 0 Å². The van der Waals surface area contributed by atoms with Gasteiger partial charge in [0.1, 0.15) is 17.2 Å². The molecular formula is C16H13N3O3. The van der Waals surface area contributed by atoms with Crippen LogP contribution in [0.15, 0.2) is 48.5 Å². The quantitative estimate of drug-likeness (QED) is 0.748. The predicted octanol–water partition coefficient (Wildman–Crippen LogP) is 2.46. The zero-order valence-corrected chi connectivity index (χ0v) is 11.8. The molecule has 0 bridgehead atoms. The third kappa shape index (κ3) is 2.31. The molecule has 0 aliphatic carbocycles. The number of methoxy groups -OCH3 is 1. The highest BCUT2D eigenvalue weighted by atomic mass is 16.5. The number of phenols is 1. The molecular weight excluding hydrogens is 282 g/mol. The van der Waals surface area contributed by atoms with Gasteiger partial charge in [-0.15, -0.1) is 5.10 Å². The molecule has 1 aromatic heterocycles. The Morgan fingerprint density at radius 2 is 1.86 bits per heavy atom. The monoisotopic (exact) mass is 295 g/mol. The topological polar surface area (TPSA) is 77.2 Å². The van der Waals surface area contributed by atoms with E-state index in [0.29, 0.717) is 29.0 Å². The van der Waals surface area contributed by atoms with Crippen LogP contribution in [0.25, 0.3) is 16.9 Å². The summed E-state index contributed by atoms with van der Waals surface area (Å²) in [7, 11) is 1.56. The van der Waals surface area contributed by atoms with E-state index in [9.17, 15) is 9.90 Å². The van der Waals surface area contributed by atoms with Gasteiger partial charge in [0.15, 0.2) is 12.0 Å². The first-order valence-electron chi connectivity index (χ1n) is 6.58. The Labute approximate surface area is 126 Å². The van der Waals surface area contributed by atoms with Gasteiger partial charge in [-0.1, -0.05) is 17.3 Å². The van der Waals surface area contributed by atoms with Crippen molar-refractivity contribution < 1.29 is 14.6 Å². The van der Waals surface area contributed by atoms with E-state index in [4.69, 9.17) is 4.74 Å². The van der Waals surface area contributed by atoms with Crippen molar-refractivity contribution in [1.29, 1.82) is 0 Å². The molecule has 0 amide bonds. The van der Waals surface area contributed by atoms with Crippen molar-refractivity contribution in [2.75, 3.05) is 7.11 Å². The number of carbonyl (C=O) groups is 1. The van der Waals surface area contributed by atoms with Crippen LogP contribution >= 0.6 is 0 Å². The second-order valence-corrected chi connectivity index (χ2v) is 4.57. The van der Waals surface area contributed by atoms with Crippen LogP contribution in [0.4, 0.5) is 0 Å². The van der Waals surface area contributed by atoms with Gasteiger partial charge in [-0.05, 0) is 36.4 Å². The molecule has 3 rings (SSSR count). The highest BCUT2D eigenvalue weighted by Crippen LogP contribution is 2.32. The van der Waals surface area contributed by atoms with Crippen LogP contribution in [0.3, 0.4) is 0 Å². The molecule has 1 heterocycles. The fourth-order valence-electron chi connectivity index (χ4n) is 2.24. The van der Waals surface area contributed by atoms with Crippen LogP contribution in [0.1, 0.15) is 10.5 Å². The summed E-state index contributed by atoms with van der Waals surface area (Å²) < 4.78 is 6.90. The highest BCUT2D eigenvalue weighted by molar-refractivity contribution is 5.86. The van der Waals surface area contributed by atoms with Gasteiger partial charge in [0.2, 0.25) is 0 Å². The van der Waals surface area contributed by atoms with Crippen molar-refractivity contribution in [3.63, 3.8) is 0 Å². The summed E-state index contributed by atoms with van der Waals surface area (Å²) in [5.41, 5.74) is 2.15. The number of hydrogen-bond acceptors (Lipinski definition) is 5. The van der Waals surface area contributed by atoms with E-state index in [-0.39, 0.29) is 11.4 Å². The second-order valence-electron chi connectivity index (χ2n) is 4.57. The van der Waals surface area contributed by atoms with Crippen LogP contribution in [-0.4, -0.2) is 33.5 Å². The lowest BCUT2D eigenvalue weighted by atomic mass is 10.1. The lowest BCUT2D eigenvalue weighted by molar-refractivity contribution is 0.111. The molecule has 1 N–H and O–H groups in total. The van der Waals surface area contributed by atoms with Gasteiger partial charge in [-0.3, -0.25) is 4.79 Å². The minimum absolute atomic E-state index is 0.151. The Balaban J connectivity index is 2.24. The molecule has 0 aliphatic heterocycles. The molecule has 6 heteroatoms. The largest absolute Gasteiger partial charge is 0.508 e. The zero-order chi connectivity index (χ0) is 15.5. The van der Waals surface area contributed by atoms with Gasteiger partial charge in [-0.2, -0.15) is 0 Å². The van der Waals surface area contributed by atoms with E-state index in [1.54, 1.807) is 42.1 Å². The van der Waals surface area contributed by atoms with Gasteiger partial charge in [0, 0.05) is 5.56 Å². The number of ether oxygens (including phenoxy) is 1. The van der Waals surface area contributed by atoms with E-state index in [1.807, 2.05) is 18.2 Å². The molecule has 110 valence electrons. The molecule has 0 fully saturated rings. The molecule has 0 unspecified atom stereocenters. The third-order valence-electron chi connectivity index (χ3n) is 3.26. The fourth-order valence-corrected chi connectivity index (χ4v) is 2.24. The summed E-state index contributed by atoms with van der Waals surface area (Å²) in [5.74, 6) is 0.770. The third-order valence-corrected chi connectivity index (χ3v) is 3.26. The molecule has 6 nitrogen and oxygen atoms in total. The molecule has 0 saturated heterocycles. The number of nitrogens with zero attached hydrogens (tertiary/aromatic N) is 3. The number of rotatable bonds is 4. The van der Waals surface area contributed by atoms with Crippen molar-refractivity contribution in [3.8, 4) is 28.4 Å². The van der Waals surface area contributed by atoms with E-state index in [1.165, 1.54) is 0 Å². The van der Waals surface area contributed by atoms with Gasteiger partial charge in [-0.25, -0.2) is 4.68 Å². The van der Waals surface area contributed by atoms with E-state index >= 15 is 0 Å². The first kappa shape index (κ1) is 13.8. The molecule has 2 aromatic carbocycles. The minimum atomic E-state index is 0.151. The van der Waals surface area contributed by atoms with Gasteiger partial charge < -0.3 is 9.84 Å². The standard InChI is InChI=1S/C16H13N3O3/c1-22-15-5-3-2-4-13(15)16-14(10-20)17-18-19(16)11-6-8-12(21)9-7-11/h2-10,21H,1H3. The van der Waals surface area contributed by atoms with Crippen molar-refractivity contribution in [1.82, 2.24) is 15.0 Å². The molecule has 0 atom stereocenters. The molecule has 3 aromatic rings. The lowest BCUT2D eigenvalue weighted by Gasteiger charge is -2.10. The fraction of sp³-hybridized carbons (Fsp3) is 0.0625. The molecule has 0 spiro atoms. The molecule has 22 heavy (non-hydrogen) atoms. The van der Waals surface area contributed by atoms with Crippen LogP contribution in [0, 0.1) is 0 Å². The number of aldehydes is 1. The zero-order valence-electron chi connectivity index (χ0n) is 11.8. The summed E-state index contributed by atoms with van der Waals surface area (Å²) in [5, 5.41) is 17.4. The number of phenolic OH excluding ortho intramolecular Hbond substituents is 1. The Kier molecular flexibility index (Phi) is 3.57.